The largest absolute Gasteiger partial charge is 0.394 e. The summed E-state index contributed by atoms with van der Waals surface area (Å²) in [6, 6.07) is -0.916. The highest BCUT2D eigenvalue weighted by Crippen LogP contribution is 2.30. The third kappa shape index (κ3) is 22.4. The number of nitrogens with one attached hydrogen (secondary N) is 1. The number of unbranched alkanes of at least 4 members (excludes halogenated alkanes) is 10. The van der Waals surface area contributed by atoms with Crippen LogP contribution in [-0.4, -0.2) is 140 Å². The Kier molecular flexibility index (Phi) is 31.2. The van der Waals surface area contributed by atoms with E-state index in [4.69, 9.17) is 18.9 Å². The molecule has 0 bridgehead atoms. The van der Waals surface area contributed by atoms with Crippen LogP contribution in [0.2, 0.25) is 0 Å². The van der Waals surface area contributed by atoms with Crippen molar-refractivity contribution in [1.29, 1.82) is 0 Å². The van der Waals surface area contributed by atoms with Gasteiger partial charge in [-0.25, -0.2) is 0 Å². The van der Waals surface area contributed by atoms with Crippen LogP contribution in [0, 0.1) is 0 Å². The van der Waals surface area contributed by atoms with Gasteiger partial charge in [-0.3, -0.25) is 4.79 Å². The van der Waals surface area contributed by atoms with Crippen LogP contribution in [0.4, 0.5) is 0 Å². The van der Waals surface area contributed by atoms with E-state index in [2.05, 4.69) is 73.0 Å². The number of amides is 1. The zero-order valence-electron chi connectivity index (χ0n) is 37.3. The summed E-state index contributed by atoms with van der Waals surface area (Å²) in [5, 5.41) is 85.7. The maximum Gasteiger partial charge on any atom is 0.220 e. The maximum atomic E-state index is 13.0. The van der Waals surface area contributed by atoms with Gasteiger partial charge in [-0.1, -0.05) is 138 Å². The van der Waals surface area contributed by atoms with Gasteiger partial charge >= 0.3 is 0 Å². The second kappa shape index (κ2) is 34.8. The number of hydrogen-bond donors (Lipinski definition) is 9. The molecule has 0 aromatic heterocycles. The second-order valence-electron chi connectivity index (χ2n) is 16.1. The number of rotatable bonds is 33. The number of aliphatic hydroxyl groups excluding tert-OH is 8. The van der Waals surface area contributed by atoms with Gasteiger partial charge in [-0.2, -0.15) is 0 Å². The topological polar surface area (TPSA) is 228 Å². The van der Waals surface area contributed by atoms with Crippen molar-refractivity contribution in [1.82, 2.24) is 5.32 Å². The first-order chi connectivity index (χ1) is 30.1. The molecular weight excluding hydrogens is 799 g/mol. The quantitative estimate of drug-likeness (QED) is 0.0317. The lowest BCUT2D eigenvalue weighted by Crippen LogP contribution is -2.65. The van der Waals surface area contributed by atoms with E-state index in [0.29, 0.717) is 12.8 Å². The Hall–Kier alpha value is -2.57. The molecule has 0 spiro atoms. The minimum Gasteiger partial charge on any atom is -0.394 e. The Bertz CT molecular complexity index is 1320. The van der Waals surface area contributed by atoms with Crippen molar-refractivity contribution in [3.05, 3.63) is 72.9 Å². The minimum absolute atomic E-state index is 0.263. The van der Waals surface area contributed by atoms with Crippen LogP contribution in [-0.2, 0) is 23.7 Å². The number of carbonyl (C=O) groups excluding carboxylic acids is 1. The predicted octanol–water partition coefficient (Wildman–Crippen LogP) is 4.87. The number of ether oxygens (including phenoxy) is 4. The molecule has 2 saturated heterocycles. The van der Waals surface area contributed by atoms with Gasteiger partial charge in [0, 0.05) is 6.42 Å². The summed E-state index contributed by atoms with van der Waals surface area (Å²) in [6.07, 6.45) is 26.3. The summed E-state index contributed by atoms with van der Waals surface area (Å²) in [5.41, 5.74) is 0. The van der Waals surface area contributed by atoms with Crippen LogP contribution in [0.5, 0.6) is 0 Å². The molecule has 2 heterocycles. The van der Waals surface area contributed by atoms with E-state index in [1.165, 1.54) is 32.1 Å². The van der Waals surface area contributed by atoms with Crippen molar-refractivity contribution in [2.24, 2.45) is 0 Å². The number of carbonyl (C=O) groups is 1. The van der Waals surface area contributed by atoms with Crippen molar-refractivity contribution >= 4 is 5.91 Å². The number of hydrogen-bond acceptors (Lipinski definition) is 13. The molecule has 0 aliphatic carbocycles. The van der Waals surface area contributed by atoms with E-state index in [0.717, 1.165) is 64.2 Å². The van der Waals surface area contributed by atoms with Crippen molar-refractivity contribution in [3.63, 3.8) is 0 Å². The van der Waals surface area contributed by atoms with Crippen molar-refractivity contribution < 1.29 is 64.6 Å². The third-order valence-electron chi connectivity index (χ3n) is 10.9. The molecule has 2 rings (SSSR count). The molecule has 14 heteroatoms. The molecular formula is C48H81NO13. The summed E-state index contributed by atoms with van der Waals surface area (Å²) in [5.74, 6) is -0.263. The molecule has 9 N–H and O–H groups in total. The van der Waals surface area contributed by atoms with Gasteiger partial charge in [0.25, 0.3) is 0 Å². The minimum atomic E-state index is -1.79. The summed E-state index contributed by atoms with van der Waals surface area (Å²) >= 11 is 0. The number of aliphatic hydroxyl groups is 8. The zero-order valence-corrected chi connectivity index (χ0v) is 37.3. The zero-order chi connectivity index (χ0) is 45.4. The molecule has 12 unspecified atom stereocenters. The van der Waals surface area contributed by atoms with Crippen LogP contribution < -0.4 is 5.32 Å². The molecule has 0 saturated carbocycles. The van der Waals surface area contributed by atoms with Crippen molar-refractivity contribution in [2.45, 2.75) is 203 Å². The lowest BCUT2D eigenvalue weighted by molar-refractivity contribution is -0.359. The number of allylic oxidation sites excluding steroid dienone is 11. The van der Waals surface area contributed by atoms with Crippen LogP contribution in [0.3, 0.4) is 0 Å². The fraction of sp³-hybridized carbons (Fsp3) is 0.729. The monoisotopic (exact) mass is 880 g/mol. The van der Waals surface area contributed by atoms with Gasteiger partial charge < -0.3 is 65.1 Å². The van der Waals surface area contributed by atoms with Crippen molar-refractivity contribution in [3.8, 4) is 0 Å². The van der Waals surface area contributed by atoms with Crippen molar-refractivity contribution in [2.75, 3.05) is 19.8 Å². The van der Waals surface area contributed by atoms with Gasteiger partial charge in [-0.15, -0.1) is 0 Å². The van der Waals surface area contributed by atoms with E-state index in [1.807, 2.05) is 6.92 Å². The fourth-order valence-electron chi connectivity index (χ4n) is 7.09. The van der Waals surface area contributed by atoms with Crippen LogP contribution in [0.1, 0.15) is 129 Å². The molecule has 0 aromatic carbocycles. The van der Waals surface area contributed by atoms with Gasteiger partial charge in [0.1, 0.15) is 48.8 Å². The van der Waals surface area contributed by atoms with Gasteiger partial charge in [0.05, 0.1) is 32.0 Å². The molecule has 62 heavy (non-hydrogen) atoms. The lowest BCUT2D eigenvalue weighted by Gasteiger charge is -2.46. The first-order valence-corrected chi connectivity index (χ1v) is 23.2. The standard InChI is InChI=1S/C48H81NO13/c1-3-5-7-8-9-10-11-12-13-14-15-16-17-18-19-20-21-22-23-24-25-26-27-28-30-32-40(53)49-36(37(52)31-29-6-4-2)35-59-47-45(58)43(56)46(39(34-51)61-47)62-48-44(57)42(55)41(54)38(33-50)60-48/h5,7,9-10,12-13,15-16,18-19,29,31,36-39,41-48,50-52,54-58H,3-4,6,8,11,14,17,20-28,30,32-35H2,1-2H3,(H,49,53)/b7-5-,10-9-,13-12-,16-15-,19-18-,31-29+. The van der Waals surface area contributed by atoms with E-state index in [1.54, 1.807) is 12.2 Å². The molecule has 14 nitrogen and oxygen atoms in total. The fourth-order valence-corrected chi connectivity index (χ4v) is 7.09. The maximum absolute atomic E-state index is 13.0. The van der Waals surface area contributed by atoms with E-state index in [9.17, 15) is 45.6 Å². The molecule has 2 aliphatic heterocycles. The van der Waals surface area contributed by atoms with Gasteiger partial charge in [0.2, 0.25) is 5.91 Å². The Morgan fingerprint density at radius 3 is 1.68 bits per heavy atom. The average Bonchev–Trinajstić information content (AvgIpc) is 3.27. The van der Waals surface area contributed by atoms with E-state index >= 15 is 0 Å². The molecule has 356 valence electrons. The Morgan fingerprint density at radius 1 is 0.597 bits per heavy atom. The molecule has 2 fully saturated rings. The first-order valence-electron chi connectivity index (χ1n) is 23.2. The summed E-state index contributed by atoms with van der Waals surface area (Å²) in [7, 11) is 0. The highest BCUT2D eigenvalue weighted by atomic mass is 16.7. The third-order valence-corrected chi connectivity index (χ3v) is 10.9. The highest BCUT2D eigenvalue weighted by Gasteiger charge is 2.50. The highest BCUT2D eigenvalue weighted by molar-refractivity contribution is 5.76. The van der Waals surface area contributed by atoms with Crippen LogP contribution >= 0.6 is 0 Å². The molecule has 0 aromatic rings. The smallest absolute Gasteiger partial charge is 0.220 e. The Morgan fingerprint density at radius 2 is 1.11 bits per heavy atom. The van der Waals surface area contributed by atoms with Gasteiger partial charge in [0.15, 0.2) is 12.6 Å². The molecule has 0 radical (unpaired) electrons. The Balaban J connectivity index is 1.65. The molecule has 12 atom stereocenters. The average molecular weight is 880 g/mol. The second-order valence-corrected chi connectivity index (χ2v) is 16.1. The Labute approximate surface area is 370 Å². The summed E-state index contributed by atoms with van der Waals surface area (Å²) in [6.45, 7) is 2.40. The normalized spacial score (nSPS) is 28.4. The lowest BCUT2D eigenvalue weighted by atomic mass is 9.97. The summed E-state index contributed by atoms with van der Waals surface area (Å²) in [4.78, 5) is 13.0. The summed E-state index contributed by atoms with van der Waals surface area (Å²) < 4.78 is 22.4. The predicted molar refractivity (Wildman–Crippen MR) is 240 cm³/mol. The SMILES string of the molecule is CC/C=C\C/C=C\C/C=C\C/C=C\C/C=C\CCCCCCCCCCCC(=O)NC(COC1OC(CO)C(OC2OC(CO)C(O)C(O)C2O)C(O)C1O)C(O)/C=C/CCC. The molecule has 1 amide bonds. The van der Waals surface area contributed by atoms with Crippen LogP contribution in [0.15, 0.2) is 72.9 Å². The van der Waals surface area contributed by atoms with E-state index in [-0.39, 0.29) is 18.9 Å². The molecule has 2 aliphatic rings. The van der Waals surface area contributed by atoms with Crippen LogP contribution in [0.25, 0.3) is 0 Å². The van der Waals surface area contributed by atoms with Gasteiger partial charge in [-0.05, 0) is 57.8 Å². The first kappa shape index (κ1) is 55.6. The van der Waals surface area contributed by atoms with E-state index < -0.39 is 86.8 Å².